The van der Waals surface area contributed by atoms with Crippen LogP contribution in [0.4, 0.5) is 8.78 Å². The molecule has 0 spiro atoms. The van der Waals surface area contributed by atoms with Crippen LogP contribution in [0.2, 0.25) is 0 Å². The van der Waals surface area contributed by atoms with Crippen LogP contribution in [-0.4, -0.2) is 67.3 Å². The second kappa shape index (κ2) is 9.06. The van der Waals surface area contributed by atoms with Gasteiger partial charge in [0.2, 0.25) is 10.0 Å². The van der Waals surface area contributed by atoms with Crippen molar-refractivity contribution in [1.82, 2.24) is 14.2 Å². The van der Waals surface area contributed by atoms with Gasteiger partial charge in [-0.1, -0.05) is 0 Å². The molecule has 1 aliphatic heterocycles. The van der Waals surface area contributed by atoms with E-state index in [-0.39, 0.29) is 44.0 Å². The van der Waals surface area contributed by atoms with Gasteiger partial charge in [0.05, 0.1) is 17.9 Å². The number of carbonyl (C=O) groups excluding carboxylic acids is 2. The summed E-state index contributed by atoms with van der Waals surface area (Å²) in [7, 11) is -4.24. The first-order valence-electron chi connectivity index (χ1n) is 9.54. The summed E-state index contributed by atoms with van der Waals surface area (Å²) in [5.74, 6) is -2.86. The van der Waals surface area contributed by atoms with Gasteiger partial charge in [0.1, 0.15) is 22.2 Å². The molecule has 0 saturated carbocycles. The summed E-state index contributed by atoms with van der Waals surface area (Å²) in [5.41, 5.74) is 0.705. The van der Waals surface area contributed by atoms with Crippen molar-refractivity contribution in [1.29, 1.82) is 0 Å². The molecule has 1 aromatic carbocycles. The molecule has 0 aliphatic carbocycles. The smallest absolute Gasteiger partial charge is 0.339 e. The number of rotatable bonds is 5. The largest absolute Gasteiger partial charge is 0.462 e. The highest BCUT2D eigenvalue weighted by molar-refractivity contribution is 7.89. The standard InChI is InChI=1S/C20H21F2N3O5S/c1-3-30-20(27)15-5-7-17(23-13(15)2)19(26)24-8-10-25(11-9-24)31(28,29)18-12-14(21)4-6-16(18)22/h4-7,12H,3,8-11H2,1-2H3. The third kappa shape index (κ3) is 4.72. The van der Waals surface area contributed by atoms with E-state index in [9.17, 15) is 26.8 Å². The summed E-state index contributed by atoms with van der Waals surface area (Å²) in [4.78, 5) is 29.5. The van der Waals surface area contributed by atoms with E-state index in [0.717, 1.165) is 16.4 Å². The van der Waals surface area contributed by atoms with Crippen molar-refractivity contribution >= 4 is 21.9 Å². The Morgan fingerprint density at radius 3 is 2.39 bits per heavy atom. The minimum atomic E-state index is -4.24. The van der Waals surface area contributed by atoms with Crippen molar-refractivity contribution in [2.45, 2.75) is 18.7 Å². The molecule has 2 aromatic rings. The molecule has 1 aromatic heterocycles. The van der Waals surface area contributed by atoms with Gasteiger partial charge in [0, 0.05) is 26.2 Å². The maximum Gasteiger partial charge on any atom is 0.339 e. The maximum absolute atomic E-state index is 13.9. The molecule has 0 unspecified atom stereocenters. The number of piperazine rings is 1. The number of carbonyl (C=O) groups is 2. The zero-order valence-corrected chi connectivity index (χ0v) is 17.8. The van der Waals surface area contributed by atoms with E-state index >= 15 is 0 Å². The van der Waals surface area contributed by atoms with Gasteiger partial charge in [-0.05, 0) is 44.2 Å². The van der Waals surface area contributed by atoms with E-state index in [1.807, 2.05) is 0 Å². The van der Waals surface area contributed by atoms with Crippen LogP contribution in [0.5, 0.6) is 0 Å². The predicted octanol–water partition coefficient (Wildman–Crippen LogP) is 1.99. The van der Waals surface area contributed by atoms with Crippen LogP contribution in [0.3, 0.4) is 0 Å². The Hall–Kier alpha value is -2.92. The van der Waals surface area contributed by atoms with Crippen LogP contribution < -0.4 is 0 Å². The number of amides is 1. The first kappa shape index (κ1) is 22.8. The molecular formula is C20H21F2N3O5S. The van der Waals surface area contributed by atoms with Crippen molar-refractivity contribution in [2.75, 3.05) is 32.8 Å². The predicted molar refractivity (Wildman–Crippen MR) is 106 cm³/mol. The normalized spacial score (nSPS) is 15.0. The Kier molecular flexibility index (Phi) is 6.65. The Labute approximate surface area is 178 Å². The lowest BCUT2D eigenvalue weighted by molar-refractivity contribution is 0.0523. The van der Waals surface area contributed by atoms with Crippen LogP contribution in [0.15, 0.2) is 35.2 Å². The average molecular weight is 453 g/mol. The van der Waals surface area contributed by atoms with Crippen LogP contribution in [0, 0.1) is 18.6 Å². The molecule has 1 saturated heterocycles. The highest BCUT2D eigenvalue weighted by Gasteiger charge is 2.33. The van der Waals surface area contributed by atoms with Gasteiger partial charge >= 0.3 is 5.97 Å². The fourth-order valence-electron chi connectivity index (χ4n) is 3.21. The minimum Gasteiger partial charge on any atom is -0.462 e. The van der Waals surface area contributed by atoms with Crippen molar-refractivity contribution in [3.05, 3.63) is 58.9 Å². The second-order valence-corrected chi connectivity index (χ2v) is 8.73. The average Bonchev–Trinajstić information content (AvgIpc) is 2.75. The van der Waals surface area contributed by atoms with Gasteiger partial charge in [-0.15, -0.1) is 0 Å². The topological polar surface area (TPSA) is 96.9 Å². The lowest BCUT2D eigenvalue weighted by atomic mass is 10.1. The number of halogens is 2. The van der Waals surface area contributed by atoms with E-state index in [0.29, 0.717) is 11.8 Å². The fourth-order valence-corrected chi connectivity index (χ4v) is 4.71. The number of nitrogens with zero attached hydrogens (tertiary/aromatic N) is 3. The molecule has 8 nitrogen and oxygen atoms in total. The maximum atomic E-state index is 13.9. The molecule has 0 bridgehead atoms. The molecule has 1 aliphatic rings. The van der Waals surface area contributed by atoms with E-state index in [1.165, 1.54) is 17.0 Å². The number of benzene rings is 1. The van der Waals surface area contributed by atoms with Crippen LogP contribution in [0.1, 0.15) is 33.5 Å². The van der Waals surface area contributed by atoms with E-state index < -0.39 is 38.4 Å². The molecule has 0 radical (unpaired) electrons. The van der Waals surface area contributed by atoms with Gasteiger partial charge in [-0.2, -0.15) is 4.31 Å². The number of aromatic nitrogens is 1. The van der Waals surface area contributed by atoms with Gasteiger partial charge in [-0.3, -0.25) is 4.79 Å². The summed E-state index contributed by atoms with van der Waals surface area (Å²) < 4.78 is 58.6. The summed E-state index contributed by atoms with van der Waals surface area (Å²) in [5, 5.41) is 0. The monoisotopic (exact) mass is 453 g/mol. The lowest BCUT2D eigenvalue weighted by Crippen LogP contribution is -2.50. The van der Waals surface area contributed by atoms with Gasteiger partial charge in [0.25, 0.3) is 5.91 Å². The SMILES string of the molecule is CCOC(=O)c1ccc(C(=O)N2CCN(S(=O)(=O)c3cc(F)ccc3F)CC2)nc1C. The van der Waals surface area contributed by atoms with Gasteiger partial charge in [0.15, 0.2) is 0 Å². The van der Waals surface area contributed by atoms with Crippen molar-refractivity contribution in [3.63, 3.8) is 0 Å². The highest BCUT2D eigenvalue weighted by atomic mass is 32.2. The first-order chi connectivity index (χ1) is 14.6. The lowest BCUT2D eigenvalue weighted by Gasteiger charge is -2.33. The fraction of sp³-hybridized carbons (Fsp3) is 0.350. The molecule has 1 fully saturated rings. The van der Waals surface area contributed by atoms with Gasteiger partial charge < -0.3 is 9.64 Å². The zero-order valence-electron chi connectivity index (χ0n) is 17.0. The number of hydrogen-bond acceptors (Lipinski definition) is 6. The summed E-state index contributed by atoms with van der Waals surface area (Å²) >= 11 is 0. The zero-order chi connectivity index (χ0) is 22.8. The molecule has 1 amide bonds. The number of sulfonamides is 1. The number of pyridine rings is 1. The summed E-state index contributed by atoms with van der Waals surface area (Å²) in [6, 6.07) is 5.11. The highest BCUT2D eigenvalue weighted by Crippen LogP contribution is 2.22. The number of esters is 1. The molecule has 0 atom stereocenters. The van der Waals surface area contributed by atoms with Crippen molar-refractivity contribution < 1.29 is 31.5 Å². The quantitative estimate of drug-likeness (QED) is 0.643. The van der Waals surface area contributed by atoms with E-state index in [2.05, 4.69) is 4.98 Å². The molecule has 0 N–H and O–H groups in total. The molecule has 11 heteroatoms. The van der Waals surface area contributed by atoms with Crippen LogP contribution in [-0.2, 0) is 14.8 Å². The Balaban J connectivity index is 1.71. The molecule has 166 valence electrons. The van der Waals surface area contributed by atoms with E-state index in [1.54, 1.807) is 13.8 Å². The van der Waals surface area contributed by atoms with Gasteiger partial charge in [-0.25, -0.2) is 27.0 Å². The Morgan fingerprint density at radius 2 is 1.77 bits per heavy atom. The second-order valence-electron chi connectivity index (χ2n) is 6.82. The summed E-state index contributed by atoms with van der Waals surface area (Å²) in [6.45, 7) is 3.42. The van der Waals surface area contributed by atoms with Crippen LogP contribution >= 0.6 is 0 Å². The van der Waals surface area contributed by atoms with Crippen molar-refractivity contribution in [3.8, 4) is 0 Å². The molecular weight excluding hydrogens is 432 g/mol. The molecule has 31 heavy (non-hydrogen) atoms. The third-order valence-corrected chi connectivity index (χ3v) is 6.75. The number of aryl methyl sites for hydroxylation is 1. The minimum absolute atomic E-state index is 0.0509. The number of ether oxygens (including phenoxy) is 1. The summed E-state index contributed by atoms with van der Waals surface area (Å²) in [6.07, 6.45) is 0. The first-order valence-corrected chi connectivity index (χ1v) is 11.0. The van der Waals surface area contributed by atoms with E-state index in [4.69, 9.17) is 4.74 Å². The van der Waals surface area contributed by atoms with Crippen molar-refractivity contribution in [2.24, 2.45) is 0 Å². The number of hydrogen-bond donors (Lipinski definition) is 0. The Bertz CT molecular complexity index is 1120. The molecule has 2 heterocycles. The Morgan fingerprint density at radius 1 is 1.10 bits per heavy atom. The third-order valence-electron chi connectivity index (χ3n) is 4.84. The van der Waals surface area contributed by atoms with Crippen LogP contribution in [0.25, 0.3) is 0 Å². The molecule has 3 rings (SSSR count).